The summed E-state index contributed by atoms with van der Waals surface area (Å²) < 4.78 is 28.2. The number of likely N-dealkylation sites (N-methyl/N-ethyl adjacent to an activating group) is 1. The van der Waals surface area contributed by atoms with Gasteiger partial charge in [-0.1, -0.05) is 17.8 Å². The van der Waals surface area contributed by atoms with Crippen LogP contribution in [0.1, 0.15) is 29.6 Å². The standard InChI is InChI=1S/C24H29N5O3S2/c1-27-13-15-28(16-14-27)24-26-21-10-7-19(17-22(21)33-24)25-23(30)18-5-8-20(9-6-18)34(31,32)29-11-3-2-4-12-29/h5-10,17H,2-4,11-16H2,1H3,(H,25,30). The molecule has 0 radical (unpaired) electrons. The summed E-state index contributed by atoms with van der Waals surface area (Å²) in [5.41, 5.74) is 2.03. The number of piperidine rings is 1. The molecular formula is C24H29N5O3S2. The molecule has 0 unspecified atom stereocenters. The first-order chi connectivity index (χ1) is 16.4. The van der Waals surface area contributed by atoms with Gasteiger partial charge >= 0.3 is 0 Å². The number of nitrogens with one attached hydrogen (secondary N) is 1. The number of hydrogen-bond donors (Lipinski definition) is 1. The third kappa shape index (κ3) is 4.81. The number of nitrogens with zero attached hydrogens (tertiary/aromatic N) is 4. The molecule has 2 saturated heterocycles. The minimum absolute atomic E-state index is 0.230. The zero-order valence-electron chi connectivity index (χ0n) is 19.2. The number of sulfonamides is 1. The SMILES string of the molecule is CN1CCN(c2nc3ccc(NC(=O)c4ccc(S(=O)(=O)N5CCCCC5)cc4)cc3s2)CC1. The van der Waals surface area contributed by atoms with E-state index < -0.39 is 10.0 Å². The van der Waals surface area contributed by atoms with Gasteiger partial charge in [0.05, 0.1) is 15.1 Å². The highest BCUT2D eigenvalue weighted by Gasteiger charge is 2.26. The molecule has 3 heterocycles. The summed E-state index contributed by atoms with van der Waals surface area (Å²) in [5.74, 6) is -0.273. The molecule has 8 nitrogen and oxygen atoms in total. The van der Waals surface area contributed by atoms with Crippen LogP contribution < -0.4 is 10.2 Å². The van der Waals surface area contributed by atoms with Crippen LogP contribution in [-0.2, 0) is 10.0 Å². The molecule has 180 valence electrons. The molecule has 5 rings (SSSR count). The monoisotopic (exact) mass is 499 g/mol. The van der Waals surface area contributed by atoms with Crippen molar-refractivity contribution in [2.75, 3.05) is 56.5 Å². The van der Waals surface area contributed by atoms with Gasteiger partial charge in [0, 0.05) is 50.5 Å². The van der Waals surface area contributed by atoms with Crippen LogP contribution in [0.3, 0.4) is 0 Å². The van der Waals surface area contributed by atoms with Crippen LogP contribution in [0.25, 0.3) is 10.2 Å². The van der Waals surface area contributed by atoms with Crippen molar-refractivity contribution in [3.8, 4) is 0 Å². The number of rotatable bonds is 5. The molecule has 1 aromatic heterocycles. The molecule has 0 bridgehead atoms. The highest BCUT2D eigenvalue weighted by molar-refractivity contribution is 7.89. The zero-order chi connectivity index (χ0) is 23.7. The molecule has 34 heavy (non-hydrogen) atoms. The van der Waals surface area contributed by atoms with Crippen LogP contribution in [-0.4, -0.2) is 74.8 Å². The van der Waals surface area contributed by atoms with E-state index in [-0.39, 0.29) is 10.8 Å². The van der Waals surface area contributed by atoms with Gasteiger partial charge in [0.25, 0.3) is 5.91 Å². The van der Waals surface area contributed by atoms with Crippen molar-refractivity contribution in [1.29, 1.82) is 0 Å². The number of carbonyl (C=O) groups is 1. The zero-order valence-corrected chi connectivity index (χ0v) is 20.9. The Balaban J connectivity index is 1.27. The van der Waals surface area contributed by atoms with Crippen LogP contribution in [0, 0.1) is 0 Å². The first-order valence-electron chi connectivity index (χ1n) is 11.7. The molecule has 10 heteroatoms. The van der Waals surface area contributed by atoms with E-state index in [4.69, 9.17) is 4.98 Å². The number of piperazine rings is 1. The lowest BCUT2D eigenvalue weighted by molar-refractivity contribution is 0.102. The Bertz CT molecular complexity index is 1280. The van der Waals surface area contributed by atoms with Crippen molar-refractivity contribution in [2.45, 2.75) is 24.2 Å². The van der Waals surface area contributed by atoms with Crippen molar-refractivity contribution in [1.82, 2.24) is 14.2 Å². The Hall–Kier alpha value is -2.53. The van der Waals surface area contributed by atoms with Crippen molar-refractivity contribution in [2.24, 2.45) is 0 Å². The lowest BCUT2D eigenvalue weighted by Crippen LogP contribution is -2.44. The van der Waals surface area contributed by atoms with E-state index >= 15 is 0 Å². The topological polar surface area (TPSA) is 85.8 Å². The van der Waals surface area contributed by atoms with Gasteiger partial charge < -0.3 is 15.1 Å². The largest absolute Gasteiger partial charge is 0.345 e. The first kappa shape index (κ1) is 23.2. The van der Waals surface area contributed by atoms with Crippen molar-refractivity contribution < 1.29 is 13.2 Å². The van der Waals surface area contributed by atoms with E-state index in [1.54, 1.807) is 23.5 Å². The van der Waals surface area contributed by atoms with Gasteiger partial charge in [-0.25, -0.2) is 13.4 Å². The van der Waals surface area contributed by atoms with E-state index in [9.17, 15) is 13.2 Å². The smallest absolute Gasteiger partial charge is 0.255 e. The second-order valence-corrected chi connectivity index (χ2v) is 11.9. The molecule has 0 aliphatic carbocycles. The molecule has 0 saturated carbocycles. The molecule has 1 N–H and O–H groups in total. The maximum absolute atomic E-state index is 12.8. The third-order valence-corrected chi connectivity index (χ3v) is 9.47. The van der Waals surface area contributed by atoms with Gasteiger partial charge in [0.1, 0.15) is 0 Å². The summed E-state index contributed by atoms with van der Waals surface area (Å²) in [4.78, 5) is 22.4. The minimum Gasteiger partial charge on any atom is -0.345 e. The normalized spacial score (nSPS) is 18.3. The second kappa shape index (κ2) is 9.61. The quantitative estimate of drug-likeness (QED) is 0.579. The maximum atomic E-state index is 12.8. The summed E-state index contributed by atoms with van der Waals surface area (Å²) >= 11 is 1.63. The van der Waals surface area contributed by atoms with Crippen LogP contribution >= 0.6 is 11.3 Å². The Morgan fingerprint density at radius 1 is 0.941 bits per heavy atom. The highest BCUT2D eigenvalue weighted by Crippen LogP contribution is 2.31. The van der Waals surface area contributed by atoms with Gasteiger partial charge in [0.2, 0.25) is 10.0 Å². The lowest BCUT2D eigenvalue weighted by atomic mass is 10.2. The number of thiazole rings is 1. The third-order valence-electron chi connectivity index (χ3n) is 6.48. The van der Waals surface area contributed by atoms with E-state index in [1.807, 2.05) is 18.2 Å². The Morgan fingerprint density at radius 2 is 1.65 bits per heavy atom. The minimum atomic E-state index is -3.51. The van der Waals surface area contributed by atoms with Crippen molar-refractivity contribution in [3.63, 3.8) is 0 Å². The predicted octanol–water partition coefficient (Wildman–Crippen LogP) is 3.48. The van der Waals surface area contributed by atoms with Crippen LogP contribution in [0.2, 0.25) is 0 Å². The van der Waals surface area contributed by atoms with Gasteiger partial charge in [-0.2, -0.15) is 4.31 Å². The van der Waals surface area contributed by atoms with Crippen LogP contribution in [0.5, 0.6) is 0 Å². The fourth-order valence-corrected chi connectivity index (χ4v) is 6.93. The van der Waals surface area contributed by atoms with Crippen molar-refractivity contribution >= 4 is 48.3 Å². The maximum Gasteiger partial charge on any atom is 0.255 e. The first-order valence-corrected chi connectivity index (χ1v) is 13.9. The van der Waals surface area contributed by atoms with E-state index in [0.717, 1.165) is 60.8 Å². The summed E-state index contributed by atoms with van der Waals surface area (Å²) in [7, 11) is -1.38. The summed E-state index contributed by atoms with van der Waals surface area (Å²) in [5, 5.41) is 3.94. The van der Waals surface area contributed by atoms with Crippen molar-refractivity contribution in [3.05, 3.63) is 48.0 Å². The highest BCUT2D eigenvalue weighted by atomic mass is 32.2. The molecule has 2 aromatic carbocycles. The average molecular weight is 500 g/mol. The van der Waals surface area contributed by atoms with Gasteiger partial charge in [0.15, 0.2) is 5.13 Å². The van der Waals surface area contributed by atoms with E-state index in [0.29, 0.717) is 24.3 Å². The fraction of sp³-hybridized carbons (Fsp3) is 0.417. The molecule has 2 aliphatic heterocycles. The van der Waals surface area contributed by atoms with Gasteiger partial charge in [-0.3, -0.25) is 4.79 Å². The molecule has 3 aromatic rings. The Morgan fingerprint density at radius 3 is 2.35 bits per heavy atom. The summed E-state index contributed by atoms with van der Waals surface area (Å²) in [6.45, 7) is 5.08. The number of amides is 1. The van der Waals surface area contributed by atoms with Gasteiger partial charge in [-0.15, -0.1) is 0 Å². The Labute approximate surface area is 204 Å². The summed E-state index contributed by atoms with van der Waals surface area (Å²) in [6, 6.07) is 11.9. The van der Waals surface area contributed by atoms with E-state index in [1.165, 1.54) is 16.4 Å². The summed E-state index contributed by atoms with van der Waals surface area (Å²) in [6.07, 6.45) is 2.84. The number of aromatic nitrogens is 1. The molecule has 1 amide bonds. The fourth-order valence-electron chi connectivity index (χ4n) is 4.36. The molecule has 2 fully saturated rings. The van der Waals surface area contributed by atoms with E-state index in [2.05, 4.69) is 22.2 Å². The molecular weight excluding hydrogens is 470 g/mol. The van der Waals surface area contributed by atoms with Crippen LogP contribution in [0.15, 0.2) is 47.4 Å². The molecule has 0 atom stereocenters. The molecule has 2 aliphatic rings. The predicted molar refractivity (Wildman–Crippen MR) is 136 cm³/mol. The second-order valence-electron chi connectivity index (χ2n) is 8.91. The molecule has 0 spiro atoms. The number of hydrogen-bond acceptors (Lipinski definition) is 7. The Kier molecular flexibility index (Phi) is 6.57. The lowest BCUT2D eigenvalue weighted by Gasteiger charge is -2.31. The van der Waals surface area contributed by atoms with Gasteiger partial charge in [-0.05, 0) is 62.4 Å². The number of anilines is 2. The number of benzene rings is 2. The number of fused-ring (bicyclic) bond motifs is 1. The van der Waals surface area contributed by atoms with Crippen LogP contribution in [0.4, 0.5) is 10.8 Å². The number of carbonyl (C=O) groups excluding carboxylic acids is 1. The average Bonchev–Trinajstić information content (AvgIpc) is 3.28.